The second kappa shape index (κ2) is 5.17. The monoisotopic (exact) mass is 340 g/mol. The third kappa shape index (κ3) is 3.23. The molecule has 1 saturated carbocycles. The number of primary sulfonamides is 1. The number of hydrogen-bond donors (Lipinski definition) is 1. The fourth-order valence-corrected chi connectivity index (χ4v) is 2.83. The molecule has 126 valence electrons. The highest BCUT2D eigenvalue weighted by atomic mass is 32.2. The number of ether oxygens (including phenoxy) is 1. The molecule has 1 aliphatic carbocycles. The first-order valence-electron chi connectivity index (χ1n) is 7.56. The van der Waals surface area contributed by atoms with Crippen LogP contribution in [-0.2, 0) is 19.3 Å². The highest BCUT2D eigenvalue weighted by molar-refractivity contribution is 7.89. The summed E-state index contributed by atoms with van der Waals surface area (Å²) in [6.07, 6.45) is 1.85. The SMILES string of the molecule is CC1(C)OB(c2ccc(OC3CC3)c(S(N)(=O)=O)n2)OC1(C)C. The summed E-state index contributed by atoms with van der Waals surface area (Å²) in [5.74, 6) is 0.176. The number of nitrogens with zero attached hydrogens (tertiary/aromatic N) is 1. The Balaban J connectivity index is 1.95. The van der Waals surface area contributed by atoms with Crippen molar-refractivity contribution in [1.82, 2.24) is 4.98 Å². The molecule has 0 amide bonds. The Bertz CT molecular complexity index is 715. The molecule has 2 aliphatic rings. The van der Waals surface area contributed by atoms with Crippen LogP contribution < -0.4 is 15.5 Å². The quantitative estimate of drug-likeness (QED) is 0.804. The normalized spacial score (nSPS) is 23.1. The number of aromatic nitrogens is 1. The van der Waals surface area contributed by atoms with Gasteiger partial charge in [0.25, 0.3) is 10.0 Å². The molecule has 2 heterocycles. The molecule has 7 nitrogen and oxygen atoms in total. The van der Waals surface area contributed by atoms with Gasteiger partial charge >= 0.3 is 7.12 Å². The Morgan fingerprint density at radius 2 is 1.78 bits per heavy atom. The molecule has 0 radical (unpaired) electrons. The van der Waals surface area contributed by atoms with Gasteiger partial charge in [0.05, 0.1) is 22.9 Å². The highest BCUT2D eigenvalue weighted by Crippen LogP contribution is 2.36. The number of hydrogen-bond acceptors (Lipinski definition) is 6. The fraction of sp³-hybridized carbons (Fsp3) is 0.643. The van der Waals surface area contributed by atoms with Crippen LogP contribution in [0.15, 0.2) is 17.2 Å². The number of sulfonamides is 1. The van der Waals surface area contributed by atoms with Gasteiger partial charge in [-0.2, -0.15) is 0 Å². The van der Waals surface area contributed by atoms with Crippen LogP contribution in [0.3, 0.4) is 0 Å². The summed E-state index contributed by atoms with van der Waals surface area (Å²) in [6.45, 7) is 7.66. The van der Waals surface area contributed by atoms with Gasteiger partial charge in [-0.3, -0.25) is 0 Å². The van der Waals surface area contributed by atoms with Crippen molar-refractivity contribution in [3.63, 3.8) is 0 Å². The first-order valence-corrected chi connectivity index (χ1v) is 9.10. The van der Waals surface area contributed by atoms with Gasteiger partial charge < -0.3 is 14.0 Å². The van der Waals surface area contributed by atoms with Gasteiger partial charge in [-0.1, -0.05) is 0 Å². The minimum atomic E-state index is -4.01. The van der Waals surface area contributed by atoms with E-state index in [0.29, 0.717) is 5.59 Å². The van der Waals surface area contributed by atoms with E-state index in [-0.39, 0.29) is 16.9 Å². The van der Waals surface area contributed by atoms with Crippen LogP contribution in [0.25, 0.3) is 0 Å². The lowest BCUT2D eigenvalue weighted by Crippen LogP contribution is -2.41. The number of rotatable bonds is 4. The molecule has 1 aromatic rings. The Hall–Kier alpha value is -1.16. The maximum absolute atomic E-state index is 11.8. The summed E-state index contributed by atoms with van der Waals surface area (Å²) < 4.78 is 41.0. The van der Waals surface area contributed by atoms with Crippen molar-refractivity contribution >= 4 is 22.7 Å². The van der Waals surface area contributed by atoms with Crippen molar-refractivity contribution in [1.29, 1.82) is 0 Å². The van der Waals surface area contributed by atoms with E-state index in [0.717, 1.165) is 12.8 Å². The molecule has 9 heteroatoms. The molecule has 3 rings (SSSR count). The third-order valence-electron chi connectivity index (χ3n) is 4.43. The number of pyridine rings is 1. The smallest absolute Gasteiger partial charge is 0.487 e. The van der Waals surface area contributed by atoms with Crippen LogP contribution in [-0.4, -0.2) is 37.8 Å². The lowest BCUT2D eigenvalue weighted by molar-refractivity contribution is 0.00578. The predicted molar refractivity (Wildman–Crippen MR) is 85.0 cm³/mol. The van der Waals surface area contributed by atoms with Crippen molar-refractivity contribution < 1.29 is 22.5 Å². The van der Waals surface area contributed by atoms with Crippen LogP contribution in [0, 0.1) is 0 Å². The second-order valence-corrected chi connectivity index (χ2v) is 8.47. The highest BCUT2D eigenvalue weighted by Gasteiger charge is 2.52. The van der Waals surface area contributed by atoms with Crippen molar-refractivity contribution in [3.05, 3.63) is 12.1 Å². The summed E-state index contributed by atoms with van der Waals surface area (Å²) in [6, 6.07) is 3.21. The van der Waals surface area contributed by atoms with Crippen molar-refractivity contribution in [2.45, 2.75) is 62.9 Å². The van der Waals surface area contributed by atoms with Crippen molar-refractivity contribution in [3.8, 4) is 5.75 Å². The lowest BCUT2D eigenvalue weighted by atomic mass is 9.84. The minimum Gasteiger partial charge on any atom is -0.487 e. The number of nitrogens with two attached hydrogens (primary N) is 1. The van der Waals surface area contributed by atoms with E-state index in [2.05, 4.69) is 4.98 Å². The summed E-state index contributed by atoms with van der Waals surface area (Å²) in [5.41, 5.74) is -0.718. The first kappa shape index (κ1) is 16.7. The average molecular weight is 340 g/mol. The molecule has 23 heavy (non-hydrogen) atoms. The van der Waals surface area contributed by atoms with Gasteiger partial charge in [-0.05, 0) is 52.7 Å². The van der Waals surface area contributed by atoms with Crippen LogP contribution >= 0.6 is 0 Å². The second-order valence-electron chi connectivity index (χ2n) is 6.99. The molecular weight excluding hydrogens is 319 g/mol. The predicted octanol–water partition coefficient (Wildman–Crippen LogP) is 0.569. The van der Waals surface area contributed by atoms with Gasteiger partial charge in [-0.25, -0.2) is 18.5 Å². The molecule has 0 atom stereocenters. The minimum absolute atomic E-state index is 0.0417. The van der Waals surface area contributed by atoms with E-state index in [1.165, 1.54) is 0 Å². The van der Waals surface area contributed by atoms with Crippen molar-refractivity contribution in [2.24, 2.45) is 5.14 Å². The van der Waals surface area contributed by atoms with E-state index < -0.39 is 28.3 Å². The Labute approximate surface area is 136 Å². The molecule has 0 aromatic carbocycles. The summed E-state index contributed by atoms with van der Waals surface area (Å²) in [7, 11) is -4.76. The fourth-order valence-electron chi connectivity index (χ4n) is 2.20. The molecule has 2 N–H and O–H groups in total. The van der Waals surface area contributed by atoms with Crippen LogP contribution in [0.5, 0.6) is 5.75 Å². The van der Waals surface area contributed by atoms with E-state index in [4.69, 9.17) is 19.2 Å². The Kier molecular flexibility index (Phi) is 3.75. The molecule has 0 unspecified atom stereocenters. The molecule has 1 aliphatic heterocycles. The first-order chi connectivity index (χ1) is 10.5. The van der Waals surface area contributed by atoms with E-state index in [1.54, 1.807) is 12.1 Å². The Morgan fingerprint density at radius 3 is 2.26 bits per heavy atom. The topological polar surface area (TPSA) is 101 Å². The van der Waals surface area contributed by atoms with Crippen LogP contribution in [0.4, 0.5) is 0 Å². The van der Waals surface area contributed by atoms with Crippen LogP contribution in [0.1, 0.15) is 40.5 Å². The van der Waals surface area contributed by atoms with E-state index >= 15 is 0 Å². The summed E-state index contributed by atoms with van der Waals surface area (Å²) in [4.78, 5) is 4.15. The van der Waals surface area contributed by atoms with Gasteiger partial charge in [0.2, 0.25) is 5.03 Å². The van der Waals surface area contributed by atoms with E-state index in [1.807, 2.05) is 27.7 Å². The average Bonchev–Trinajstić information content (AvgIpc) is 3.16. The standard InChI is InChI=1S/C14H21BN2O5S/c1-13(2)14(3,4)22-15(21-13)11-8-7-10(20-9-5-6-9)12(17-11)23(16,18)19/h7-9H,5-6H2,1-4H3,(H2,16,18,19). The van der Waals surface area contributed by atoms with Gasteiger partial charge in [0.15, 0.2) is 5.75 Å². The Morgan fingerprint density at radius 1 is 1.22 bits per heavy atom. The maximum atomic E-state index is 11.8. The van der Waals surface area contributed by atoms with Gasteiger partial charge in [-0.15, -0.1) is 0 Å². The van der Waals surface area contributed by atoms with Crippen LogP contribution in [0.2, 0.25) is 0 Å². The zero-order chi connectivity index (χ0) is 17.0. The zero-order valence-electron chi connectivity index (χ0n) is 13.7. The summed E-state index contributed by atoms with van der Waals surface area (Å²) in [5, 5.41) is 5.00. The molecule has 1 saturated heterocycles. The third-order valence-corrected chi connectivity index (χ3v) is 5.26. The maximum Gasteiger partial charge on any atom is 0.514 e. The van der Waals surface area contributed by atoms with Crippen molar-refractivity contribution in [2.75, 3.05) is 0 Å². The molecule has 0 spiro atoms. The molecular formula is C14H21BN2O5S. The molecule has 2 fully saturated rings. The zero-order valence-corrected chi connectivity index (χ0v) is 14.5. The lowest BCUT2D eigenvalue weighted by Gasteiger charge is -2.32. The van der Waals surface area contributed by atoms with E-state index in [9.17, 15) is 8.42 Å². The van der Waals surface area contributed by atoms with Gasteiger partial charge in [0.1, 0.15) is 0 Å². The largest absolute Gasteiger partial charge is 0.514 e. The molecule has 0 bridgehead atoms. The van der Waals surface area contributed by atoms with Gasteiger partial charge in [0, 0.05) is 0 Å². The molecule has 1 aromatic heterocycles. The summed E-state index contributed by atoms with van der Waals surface area (Å²) >= 11 is 0.